The first-order valence-electron chi connectivity index (χ1n) is 7.94. The van der Waals surface area contributed by atoms with E-state index in [9.17, 15) is 9.90 Å². The predicted octanol–water partition coefficient (Wildman–Crippen LogP) is 4.32. The van der Waals surface area contributed by atoms with Crippen LogP contribution in [-0.2, 0) is 11.3 Å². The van der Waals surface area contributed by atoms with Gasteiger partial charge in [0.15, 0.2) is 0 Å². The second kappa shape index (κ2) is 11.0. The Morgan fingerprint density at radius 1 is 1.10 bits per heavy atom. The quantitative estimate of drug-likeness (QED) is 0.498. The van der Waals surface area contributed by atoms with Crippen LogP contribution in [0.5, 0.6) is 5.75 Å². The number of amides is 1. The molecule has 116 valence electrons. The maximum atomic E-state index is 11.6. The molecule has 0 atom stereocenters. The Morgan fingerprint density at radius 2 is 1.76 bits per heavy atom. The Balaban J connectivity index is 2.07. The van der Waals surface area contributed by atoms with E-state index in [1.54, 1.807) is 30.3 Å². The predicted molar refractivity (Wildman–Crippen MR) is 87.1 cm³/mol. The summed E-state index contributed by atoms with van der Waals surface area (Å²) in [5, 5.41) is 12.0. The van der Waals surface area contributed by atoms with Gasteiger partial charge in [-0.2, -0.15) is 0 Å². The molecule has 3 heteroatoms. The molecule has 1 aromatic carbocycles. The van der Waals surface area contributed by atoms with Crippen LogP contribution in [-0.4, -0.2) is 11.0 Å². The molecule has 0 aliphatic heterocycles. The molecule has 0 unspecified atom stereocenters. The van der Waals surface area contributed by atoms with Gasteiger partial charge in [-0.05, 0) is 36.6 Å². The van der Waals surface area contributed by atoms with Crippen molar-refractivity contribution in [3.63, 3.8) is 0 Å². The van der Waals surface area contributed by atoms with E-state index in [0.29, 0.717) is 6.54 Å². The third-order valence-electron chi connectivity index (χ3n) is 3.40. The summed E-state index contributed by atoms with van der Waals surface area (Å²) in [6.07, 6.45) is 12.2. The topological polar surface area (TPSA) is 49.3 Å². The van der Waals surface area contributed by atoms with Gasteiger partial charge in [-0.25, -0.2) is 0 Å². The van der Waals surface area contributed by atoms with E-state index in [4.69, 9.17) is 0 Å². The number of benzene rings is 1. The lowest BCUT2D eigenvalue weighted by atomic mass is 10.1. The van der Waals surface area contributed by atoms with Gasteiger partial charge in [0, 0.05) is 6.54 Å². The number of hydrogen-bond acceptors (Lipinski definition) is 2. The van der Waals surface area contributed by atoms with Crippen molar-refractivity contribution in [2.75, 3.05) is 0 Å². The highest BCUT2D eigenvalue weighted by Crippen LogP contribution is 2.09. The van der Waals surface area contributed by atoms with Crippen LogP contribution < -0.4 is 5.32 Å². The fraction of sp³-hybridized carbons (Fsp3) is 0.500. The lowest BCUT2D eigenvalue weighted by Crippen LogP contribution is -2.20. The summed E-state index contributed by atoms with van der Waals surface area (Å²) >= 11 is 0. The van der Waals surface area contributed by atoms with Gasteiger partial charge >= 0.3 is 0 Å². The highest BCUT2D eigenvalue weighted by molar-refractivity contribution is 5.87. The highest BCUT2D eigenvalue weighted by atomic mass is 16.3. The standard InChI is InChI=1S/C18H27NO2/c1-2-3-4-5-6-7-8-9-10-18(21)19-15-16-11-13-17(20)14-12-16/h9-14,20H,2-8,15H2,1H3,(H,19,21). The molecule has 1 aromatic rings. The number of carbonyl (C=O) groups excluding carboxylic acids is 1. The third-order valence-corrected chi connectivity index (χ3v) is 3.40. The van der Waals surface area contributed by atoms with Gasteiger partial charge in [-0.15, -0.1) is 0 Å². The van der Waals surface area contributed by atoms with E-state index in [1.165, 1.54) is 32.1 Å². The molecule has 1 amide bonds. The van der Waals surface area contributed by atoms with E-state index in [-0.39, 0.29) is 11.7 Å². The Bertz CT molecular complexity index is 423. The summed E-state index contributed by atoms with van der Waals surface area (Å²) in [4.78, 5) is 11.6. The third kappa shape index (κ3) is 8.90. The maximum absolute atomic E-state index is 11.6. The average molecular weight is 289 g/mol. The SMILES string of the molecule is CCCCCCCCC=CC(=O)NCc1ccc(O)cc1. The first kappa shape index (κ1) is 17.3. The minimum absolute atomic E-state index is 0.0611. The van der Waals surface area contributed by atoms with Crippen molar-refractivity contribution in [2.24, 2.45) is 0 Å². The van der Waals surface area contributed by atoms with Crippen LogP contribution in [0.1, 0.15) is 57.4 Å². The molecular weight excluding hydrogens is 262 g/mol. The summed E-state index contributed by atoms with van der Waals surface area (Å²) in [5.41, 5.74) is 0.977. The first-order chi connectivity index (χ1) is 10.2. The summed E-state index contributed by atoms with van der Waals surface area (Å²) in [5.74, 6) is 0.179. The van der Waals surface area contributed by atoms with E-state index >= 15 is 0 Å². The molecule has 21 heavy (non-hydrogen) atoms. The summed E-state index contributed by atoms with van der Waals surface area (Å²) < 4.78 is 0. The fourth-order valence-electron chi connectivity index (χ4n) is 2.09. The molecule has 0 heterocycles. The van der Waals surface area contributed by atoms with Crippen molar-refractivity contribution in [3.8, 4) is 5.75 Å². The number of aromatic hydroxyl groups is 1. The molecule has 0 aliphatic carbocycles. The summed E-state index contributed by atoms with van der Waals surface area (Å²) in [7, 11) is 0. The molecule has 0 radical (unpaired) electrons. The number of carbonyl (C=O) groups is 1. The Hall–Kier alpha value is -1.77. The average Bonchev–Trinajstić information content (AvgIpc) is 2.49. The molecule has 0 saturated carbocycles. The first-order valence-corrected chi connectivity index (χ1v) is 7.94. The lowest BCUT2D eigenvalue weighted by Gasteiger charge is -2.02. The molecule has 2 N–H and O–H groups in total. The molecule has 0 spiro atoms. The number of phenolic OH excluding ortho intramolecular Hbond substituents is 1. The molecule has 0 bridgehead atoms. The minimum Gasteiger partial charge on any atom is -0.508 e. The Kier molecular flexibility index (Phi) is 9.01. The molecule has 1 rings (SSSR count). The highest BCUT2D eigenvalue weighted by Gasteiger charge is 1.97. The summed E-state index contributed by atoms with van der Waals surface area (Å²) in [6.45, 7) is 2.71. The van der Waals surface area contributed by atoms with Crippen LogP contribution in [0.2, 0.25) is 0 Å². The number of hydrogen-bond donors (Lipinski definition) is 2. The zero-order valence-corrected chi connectivity index (χ0v) is 13.0. The van der Waals surface area contributed by atoms with Crippen molar-refractivity contribution in [1.29, 1.82) is 0 Å². The maximum Gasteiger partial charge on any atom is 0.243 e. The smallest absolute Gasteiger partial charge is 0.243 e. The van der Waals surface area contributed by atoms with Gasteiger partial charge in [0.2, 0.25) is 5.91 Å². The van der Waals surface area contributed by atoms with Crippen LogP contribution in [0.15, 0.2) is 36.4 Å². The van der Waals surface area contributed by atoms with Crippen molar-refractivity contribution < 1.29 is 9.90 Å². The second-order valence-electron chi connectivity index (χ2n) is 5.34. The second-order valence-corrected chi connectivity index (χ2v) is 5.34. The van der Waals surface area contributed by atoms with E-state index in [1.807, 2.05) is 6.08 Å². The molecule has 0 saturated heterocycles. The molecular formula is C18H27NO2. The molecule has 0 aromatic heterocycles. The monoisotopic (exact) mass is 289 g/mol. The lowest BCUT2D eigenvalue weighted by molar-refractivity contribution is -0.116. The van der Waals surface area contributed by atoms with Gasteiger partial charge in [-0.3, -0.25) is 4.79 Å². The van der Waals surface area contributed by atoms with Crippen molar-refractivity contribution in [3.05, 3.63) is 42.0 Å². The van der Waals surface area contributed by atoms with E-state index in [2.05, 4.69) is 12.2 Å². The van der Waals surface area contributed by atoms with Crippen molar-refractivity contribution >= 4 is 5.91 Å². The van der Waals surface area contributed by atoms with Gasteiger partial charge in [0.25, 0.3) is 0 Å². The zero-order valence-electron chi connectivity index (χ0n) is 13.0. The van der Waals surface area contributed by atoms with Crippen molar-refractivity contribution in [1.82, 2.24) is 5.32 Å². The van der Waals surface area contributed by atoms with Gasteiger partial charge in [0.1, 0.15) is 5.75 Å². The molecule has 0 fully saturated rings. The zero-order chi connectivity index (χ0) is 15.3. The van der Waals surface area contributed by atoms with Crippen LogP contribution >= 0.6 is 0 Å². The van der Waals surface area contributed by atoms with Crippen molar-refractivity contribution in [2.45, 2.75) is 58.4 Å². The molecule has 0 aliphatic rings. The fourth-order valence-corrected chi connectivity index (χ4v) is 2.09. The number of nitrogens with one attached hydrogen (secondary N) is 1. The van der Waals surface area contributed by atoms with Crippen LogP contribution in [0.4, 0.5) is 0 Å². The largest absolute Gasteiger partial charge is 0.508 e. The van der Waals surface area contributed by atoms with Crippen LogP contribution in [0.25, 0.3) is 0 Å². The normalized spacial score (nSPS) is 10.9. The van der Waals surface area contributed by atoms with Crippen LogP contribution in [0, 0.1) is 0 Å². The van der Waals surface area contributed by atoms with Gasteiger partial charge < -0.3 is 10.4 Å². The van der Waals surface area contributed by atoms with Gasteiger partial charge in [0.05, 0.1) is 0 Å². The number of rotatable bonds is 10. The van der Waals surface area contributed by atoms with Crippen LogP contribution in [0.3, 0.4) is 0 Å². The number of allylic oxidation sites excluding steroid dienone is 1. The van der Waals surface area contributed by atoms with Gasteiger partial charge in [-0.1, -0.05) is 57.2 Å². The minimum atomic E-state index is -0.0611. The molecule has 3 nitrogen and oxygen atoms in total. The Morgan fingerprint density at radius 3 is 2.48 bits per heavy atom. The number of unbranched alkanes of at least 4 members (excludes halogenated alkanes) is 6. The van der Waals surface area contributed by atoms with E-state index in [0.717, 1.165) is 18.4 Å². The summed E-state index contributed by atoms with van der Waals surface area (Å²) in [6, 6.07) is 6.84. The Labute approximate surface area is 128 Å². The van der Waals surface area contributed by atoms with E-state index < -0.39 is 0 Å². The number of phenols is 1.